The molecular formula is C17H31N5O. The fourth-order valence-corrected chi connectivity index (χ4v) is 3.49. The number of aliphatic imine (C=N–C) groups is 1. The molecule has 0 amide bonds. The Hall–Kier alpha value is -1.56. The minimum Gasteiger partial charge on any atom is -0.384 e. The van der Waals surface area contributed by atoms with Crippen molar-refractivity contribution in [3.63, 3.8) is 0 Å². The van der Waals surface area contributed by atoms with Crippen LogP contribution >= 0.6 is 0 Å². The third-order valence-corrected chi connectivity index (χ3v) is 4.65. The molecule has 0 radical (unpaired) electrons. The van der Waals surface area contributed by atoms with Gasteiger partial charge in [-0.15, -0.1) is 0 Å². The molecule has 1 aromatic rings. The number of likely N-dealkylation sites (tertiary alicyclic amines) is 1. The van der Waals surface area contributed by atoms with E-state index < -0.39 is 0 Å². The predicted molar refractivity (Wildman–Crippen MR) is 93.7 cm³/mol. The lowest BCUT2D eigenvalue weighted by Gasteiger charge is -2.22. The Balaban J connectivity index is 2.02. The van der Waals surface area contributed by atoms with Gasteiger partial charge in [0.15, 0.2) is 5.96 Å². The maximum atomic E-state index is 5.28. The Kier molecular flexibility index (Phi) is 6.45. The number of aryl methyl sites for hydroxylation is 2. The Bertz CT molecular complexity index is 537. The molecule has 0 spiro atoms. The van der Waals surface area contributed by atoms with E-state index in [1.165, 1.54) is 23.4 Å². The predicted octanol–water partition coefficient (Wildman–Crippen LogP) is 1.59. The fourth-order valence-electron chi connectivity index (χ4n) is 3.49. The first kappa shape index (κ1) is 17.8. The number of guanidine groups is 1. The molecule has 1 fully saturated rings. The van der Waals surface area contributed by atoms with Crippen LogP contribution in [0.2, 0.25) is 0 Å². The first-order valence-electron chi connectivity index (χ1n) is 8.62. The quantitative estimate of drug-likeness (QED) is 0.638. The molecular weight excluding hydrogens is 290 g/mol. The van der Waals surface area contributed by atoms with E-state index in [9.17, 15) is 0 Å². The number of ether oxygens (including phenoxy) is 1. The van der Waals surface area contributed by atoms with Crippen LogP contribution in [-0.4, -0.2) is 54.5 Å². The zero-order valence-corrected chi connectivity index (χ0v) is 15.2. The number of hydrogen-bond acceptors (Lipinski definition) is 3. The summed E-state index contributed by atoms with van der Waals surface area (Å²) in [6.45, 7) is 8.03. The second-order valence-electron chi connectivity index (χ2n) is 6.16. The van der Waals surface area contributed by atoms with Crippen molar-refractivity contribution in [3.05, 3.63) is 17.0 Å². The highest BCUT2D eigenvalue weighted by atomic mass is 16.5. The van der Waals surface area contributed by atoms with Crippen LogP contribution < -0.4 is 5.32 Å². The van der Waals surface area contributed by atoms with E-state index in [0.29, 0.717) is 5.92 Å². The highest BCUT2D eigenvalue weighted by molar-refractivity contribution is 5.80. The van der Waals surface area contributed by atoms with Gasteiger partial charge in [-0.05, 0) is 19.3 Å². The zero-order chi connectivity index (χ0) is 16.8. The van der Waals surface area contributed by atoms with E-state index in [0.717, 1.165) is 45.0 Å². The van der Waals surface area contributed by atoms with Crippen molar-refractivity contribution < 1.29 is 4.74 Å². The molecule has 1 saturated heterocycles. The van der Waals surface area contributed by atoms with Gasteiger partial charge in [-0.2, -0.15) is 5.10 Å². The van der Waals surface area contributed by atoms with E-state index in [1.54, 1.807) is 7.11 Å². The van der Waals surface area contributed by atoms with Crippen LogP contribution in [0.1, 0.15) is 37.2 Å². The summed E-state index contributed by atoms with van der Waals surface area (Å²) in [4.78, 5) is 6.79. The minimum absolute atomic E-state index is 0.606. The largest absolute Gasteiger partial charge is 0.384 e. The van der Waals surface area contributed by atoms with Crippen molar-refractivity contribution in [2.45, 2.75) is 39.7 Å². The summed E-state index contributed by atoms with van der Waals surface area (Å²) in [6, 6.07) is 0. The van der Waals surface area contributed by atoms with Gasteiger partial charge < -0.3 is 15.0 Å². The van der Waals surface area contributed by atoms with Gasteiger partial charge in [-0.1, -0.05) is 13.8 Å². The van der Waals surface area contributed by atoms with Crippen molar-refractivity contribution in [2.24, 2.45) is 18.0 Å². The highest BCUT2D eigenvalue weighted by Crippen LogP contribution is 2.18. The summed E-state index contributed by atoms with van der Waals surface area (Å²) in [7, 11) is 5.67. The minimum atomic E-state index is 0.606. The molecule has 1 N–H and O–H groups in total. The third kappa shape index (κ3) is 4.05. The molecule has 130 valence electrons. The van der Waals surface area contributed by atoms with Gasteiger partial charge in [0, 0.05) is 58.0 Å². The fraction of sp³-hybridized carbons (Fsp3) is 0.765. The molecule has 2 rings (SSSR count). The molecule has 0 bridgehead atoms. The normalized spacial score (nSPS) is 18.7. The van der Waals surface area contributed by atoms with Crippen molar-refractivity contribution >= 4 is 5.96 Å². The molecule has 6 nitrogen and oxygen atoms in total. The van der Waals surface area contributed by atoms with Crippen LogP contribution in [0.3, 0.4) is 0 Å². The number of nitrogens with zero attached hydrogens (tertiary/aromatic N) is 4. The van der Waals surface area contributed by atoms with Crippen molar-refractivity contribution in [2.75, 3.05) is 33.9 Å². The van der Waals surface area contributed by atoms with E-state index in [1.807, 2.05) is 18.8 Å². The van der Waals surface area contributed by atoms with Crippen LogP contribution in [0, 0.1) is 5.92 Å². The van der Waals surface area contributed by atoms with E-state index in [4.69, 9.17) is 4.74 Å². The van der Waals surface area contributed by atoms with Gasteiger partial charge in [0.05, 0.1) is 12.3 Å². The molecule has 2 heterocycles. The second kappa shape index (κ2) is 8.34. The first-order chi connectivity index (χ1) is 11.1. The summed E-state index contributed by atoms with van der Waals surface area (Å²) in [6.07, 6.45) is 3.13. The van der Waals surface area contributed by atoms with E-state index >= 15 is 0 Å². The van der Waals surface area contributed by atoms with Crippen LogP contribution in [0.25, 0.3) is 0 Å². The SMILES string of the molecule is CCc1nn(C)c(CC)c1CNC(=NC)N1CCC(COC)C1. The Labute approximate surface area is 139 Å². The lowest BCUT2D eigenvalue weighted by molar-refractivity contribution is 0.157. The molecule has 0 aliphatic carbocycles. The Morgan fingerprint density at radius 1 is 1.39 bits per heavy atom. The lowest BCUT2D eigenvalue weighted by atomic mass is 10.1. The third-order valence-electron chi connectivity index (χ3n) is 4.65. The molecule has 1 unspecified atom stereocenters. The second-order valence-corrected chi connectivity index (χ2v) is 6.16. The average molecular weight is 321 g/mol. The van der Waals surface area contributed by atoms with Crippen LogP contribution in [-0.2, 0) is 31.2 Å². The van der Waals surface area contributed by atoms with Gasteiger partial charge >= 0.3 is 0 Å². The number of methoxy groups -OCH3 is 1. The van der Waals surface area contributed by atoms with Gasteiger partial charge in [0.25, 0.3) is 0 Å². The number of rotatable bonds is 6. The number of hydrogen-bond donors (Lipinski definition) is 1. The Morgan fingerprint density at radius 3 is 2.78 bits per heavy atom. The monoisotopic (exact) mass is 321 g/mol. The maximum absolute atomic E-state index is 5.28. The van der Waals surface area contributed by atoms with E-state index in [-0.39, 0.29) is 0 Å². The molecule has 0 aromatic carbocycles. The first-order valence-corrected chi connectivity index (χ1v) is 8.62. The molecule has 1 aliphatic rings. The lowest BCUT2D eigenvalue weighted by Crippen LogP contribution is -2.40. The molecule has 1 atom stereocenters. The number of aromatic nitrogens is 2. The average Bonchev–Trinajstić information content (AvgIpc) is 3.12. The maximum Gasteiger partial charge on any atom is 0.193 e. The van der Waals surface area contributed by atoms with Gasteiger partial charge in [0.2, 0.25) is 0 Å². The van der Waals surface area contributed by atoms with E-state index in [2.05, 4.69) is 34.2 Å². The Morgan fingerprint density at radius 2 is 2.17 bits per heavy atom. The summed E-state index contributed by atoms with van der Waals surface area (Å²) in [5.74, 6) is 1.59. The molecule has 1 aliphatic heterocycles. The van der Waals surface area contributed by atoms with Crippen LogP contribution in [0.15, 0.2) is 4.99 Å². The highest BCUT2D eigenvalue weighted by Gasteiger charge is 2.25. The van der Waals surface area contributed by atoms with Crippen molar-refractivity contribution in [1.29, 1.82) is 0 Å². The zero-order valence-electron chi connectivity index (χ0n) is 15.2. The smallest absolute Gasteiger partial charge is 0.193 e. The van der Waals surface area contributed by atoms with Gasteiger partial charge in [0.1, 0.15) is 0 Å². The molecule has 0 saturated carbocycles. The summed E-state index contributed by atoms with van der Waals surface area (Å²) in [5.41, 5.74) is 3.82. The molecule has 1 aromatic heterocycles. The molecule has 6 heteroatoms. The number of nitrogens with one attached hydrogen (secondary N) is 1. The van der Waals surface area contributed by atoms with Gasteiger partial charge in [-0.3, -0.25) is 9.67 Å². The van der Waals surface area contributed by atoms with Crippen molar-refractivity contribution in [3.8, 4) is 0 Å². The van der Waals surface area contributed by atoms with Crippen LogP contribution in [0.4, 0.5) is 0 Å². The van der Waals surface area contributed by atoms with Gasteiger partial charge in [-0.25, -0.2) is 0 Å². The molecule has 23 heavy (non-hydrogen) atoms. The topological polar surface area (TPSA) is 54.7 Å². The van der Waals surface area contributed by atoms with Crippen molar-refractivity contribution in [1.82, 2.24) is 20.0 Å². The summed E-state index contributed by atoms with van der Waals surface area (Å²) in [5, 5.41) is 8.18. The summed E-state index contributed by atoms with van der Waals surface area (Å²) < 4.78 is 7.30. The van der Waals surface area contributed by atoms with Crippen LogP contribution in [0.5, 0.6) is 0 Å². The standard InChI is InChI=1S/C17H31N5O/c1-6-15-14(16(7-2)21(4)20-15)10-19-17(18-3)22-9-8-13(11-22)12-23-5/h13H,6-12H2,1-5H3,(H,18,19). The summed E-state index contributed by atoms with van der Waals surface area (Å²) >= 11 is 0.